The third-order valence-electron chi connectivity index (χ3n) is 6.02. The number of benzene rings is 1. The number of amidine groups is 1. The van der Waals surface area contributed by atoms with E-state index in [4.69, 9.17) is 15.8 Å². The van der Waals surface area contributed by atoms with E-state index in [1.807, 2.05) is 37.3 Å². The van der Waals surface area contributed by atoms with Crippen molar-refractivity contribution in [1.82, 2.24) is 24.6 Å². The molecule has 0 saturated heterocycles. The van der Waals surface area contributed by atoms with Crippen LogP contribution in [0.3, 0.4) is 0 Å². The molecule has 0 saturated carbocycles. The molecule has 0 aliphatic rings. The van der Waals surface area contributed by atoms with Gasteiger partial charge in [0.1, 0.15) is 46.8 Å². The molecule has 1 aromatic carbocycles. The lowest BCUT2D eigenvalue weighted by molar-refractivity contribution is 0.112. The number of aliphatic imine (C=N–C) groups is 1. The number of nitrogens with zero attached hydrogens (tertiary/aromatic N) is 6. The Kier molecular flexibility index (Phi) is 7.35. The quantitative estimate of drug-likeness (QED) is 0.192. The smallest absolute Gasteiger partial charge is 0.164 e. The van der Waals surface area contributed by atoms with E-state index in [9.17, 15) is 14.3 Å². The van der Waals surface area contributed by atoms with Gasteiger partial charge < -0.3 is 15.7 Å². The molecule has 0 spiro atoms. The molecule has 192 valence electrons. The van der Waals surface area contributed by atoms with Gasteiger partial charge in [0.2, 0.25) is 0 Å². The monoisotopic (exact) mass is 521 g/mol. The molecular formula is C26H28FN7O2S. The maximum Gasteiger partial charge on any atom is 0.164 e. The molecule has 0 bridgehead atoms. The predicted molar refractivity (Wildman–Crippen MR) is 145 cm³/mol. The van der Waals surface area contributed by atoms with Gasteiger partial charge in [0.15, 0.2) is 11.9 Å². The molecule has 0 aliphatic heterocycles. The number of likely N-dealkylation sites (N-methyl/N-ethyl adjacent to an activating group) is 1. The maximum absolute atomic E-state index is 14.1. The van der Waals surface area contributed by atoms with Crippen LogP contribution in [0.25, 0.3) is 22.3 Å². The van der Waals surface area contributed by atoms with Crippen molar-refractivity contribution in [2.24, 2.45) is 10.9 Å². The second-order valence-corrected chi connectivity index (χ2v) is 9.73. The highest BCUT2D eigenvalue weighted by molar-refractivity contribution is 7.14. The summed E-state index contributed by atoms with van der Waals surface area (Å²) in [5, 5.41) is 17.6. The van der Waals surface area contributed by atoms with Crippen LogP contribution in [-0.2, 0) is 6.54 Å². The lowest BCUT2D eigenvalue weighted by Gasteiger charge is -2.27. The molecule has 0 radical (unpaired) electrons. The molecule has 3 N–H and O–H groups in total. The van der Waals surface area contributed by atoms with Gasteiger partial charge in [-0.2, -0.15) is 5.10 Å². The third kappa shape index (κ3) is 5.08. The van der Waals surface area contributed by atoms with Gasteiger partial charge in [0, 0.05) is 24.4 Å². The fourth-order valence-electron chi connectivity index (χ4n) is 4.25. The number of phenols is 1. The topological polar surface area (TPSA) is 123 Å². The summed E-state index contributed by atoms with van der Waals surface area (Å²) in [6.45, 7) is 8.17. The molecule has 0 aliphatic carbocycles. The molecule has 37 heavy (non-hydrogen) atoms. The summed E-state index contributed by atoms with van der Waals surface area (Å²) in [6, 6.07) is 3.69. The van der Waals surface area contributed by atoms with E-state index in [0.29, 0.717) is 38.7 Å². The summed E-state index contributed by atoms with van der Waals surface area (Å²) < 4.78 is 15.8. The highest BCUT2D eigenvalue weighted by atomic mass is 32.1. The van der Waals surface area contributed by atoms with Crippen molar-refractivity contribution in [2.45, 2.75) is 34.2 Å². The number of aromatic hydroxyl groups is 1. The minimum atomic E-state index is -0.612. The zero-order valence-electron chi connectivity index (χ0n) is 21.2. The number of aryl methyl sites for hydroxylation is 1. The first-order valence-electron chi connectivity index (χ1n) is 11.6. The molecular weight excluding hydrogens is 493 g/mol. The third-order valence-corrected chi connectivity index (χ3v) is 7.02. The Morgan fingerprint density at radius 1 is 1.32 bits per heavy atom. The number of halogens is 1. The number of aldehydes is 1. The molecule has 4 rings (SSSR count). The largest absolute Gasteiger partial charge is 0.508 e. The Hall–Kier alpha value is -4.12. The van der Waals surface area contributed by atoms with E-state index in [1.165, 1.54) is 29.8 Å². The highest BCUT2D eigenvalue weighted by Gasteiger charge is 2.22. The van der Waals surface area contributed by atoms with E-state index < -0.39 is 5.82 Å². The van der Waals surface area contributed by atoms with Crippen LogP contribution in [0.4, 0.5) is 15.2 Å². The molecule has 3 heterocycles. The minimum absolute atomic E-state index is 0.171. The first-order valence-corrected chi connectivity index (χ1v) is 12.5. The summed E-state index contributed by atoms with van der Waals surface area (Å²) in [4.78, 5) is 27.1. The Labute approximate surface area is 217 Å². The van der Waals surface area contributed by atoms with Crippen molar-refractivity contribution in [3.8, 4) is 17.0 Å². The highest BCUT2D eigenvalue weighted by Crippen LogP contribution is 2.34. The zero-order chi connectivity index (χ0) is 26.9. The van der Waals surface area contributed by atoms with Crippen molar-refractivity contribution in [3.05, 3.63) is 58.6 Å². The molecule has 0 amide bonds. The van der Waals surface area contributed by atoms with Gasteiger partial charge in [-0.15, -0.1) is 11.3 Å². The molecule has 0 unspecified atom stereocenters. The van der Waals surface area contributed by atoms with Gasteiger partial charge in [0.25, 0.3) is 0 Å². The summed E-state index contributed by atoms with van der Waals surface area (Å²) in [6.07, 6.45) is 4.16. The standard InChI is InChI=1S/C26H28FN7O2S/c1-6-20(14(2)3)33(5)21(31-26-19(11-35)15(4)12-37-26)10-34-25-22(24(28)29-13-30-25)23(32-34)16-7-17(27)9-18(36)8-16/h6-9,11-14,36H,10H2,1-5H3,(H2,28,29,30)/b20-6+,31-21-. The number of hydrogen-bond donors (Lipinski definition) is 2. The Bertz CT molecular complexity index is 1520. The number of nitrogen functional groups attached to an aromatic ring is 1. The van der Waals surface area contributed by atoms with E-state index in [2.05, 4.69) is 23.8 Å². The summed E-state index contributed by atoms with van der Waals surface area (Å²) >= 11 is 1.39. The molecule has 0 atom stereocenters. The molecule has 9 nitrogen and oxygen atoms in total. The normalized spacial score (nSPS) is 12.5. The maximum atomic E-state index is 14.1. The number of hydrogen-bond acceptors (Lipinski definition) is 8. The van der Waals surface area contributed by atoms with Crippen molar-refractivity contribution >= 4 is 45.3 Å². The second-order valence-electron chi connectivity index (χ2n) is 8.87. The molecule has 11 heteroatoms. The van der Waals surface area contributed by atoms with Crippen molar-refractivity contribution in [1.29, 1.82) is 0 Å². The van der Waals surface area contributed by atoms with Crippen molar-refractivity contribution in [3.63, 3.8) is 0 Å². The van der Waals surface area contributed by atoms with Gasteiger partial charge in [0.05, 0.1) is 10.9 Å². The summed E-state index contributed by atoms with van der Waals surface area (Å²) in [7, 11) is 1.91. The van der Waals surface area contributed by atoms with Gasteiger partial charge in [-0.1, -0.05) is 19.9 Å². The molecule has 3 aromatic heterocycles. The predicted octanol–water partition coefficient (Wildman–Crippen LogP) is 5.32. The van der Waals surface area contributed by atoms with Crippen molar-refractivity contribution < 1.29 is 14.3 Å². The van der Waals surface area contributed by atoms with Crippen LogP contribution in [-0.4, -0.2) is 48.9 Å². The van der Waals surface area contributed by atoms with E-state index >= 15 is 0 Å². The van der Waals surface area contributed by atoms with E-state index in [0.717, 1.165) is 23.6 Å². The first kappa shape index (κ1) is 26.0. The van der Waals surface area contributed by atoms with Crippen LogP contribution in [0, 0.1) is 18.7 Å². The number of allylic oxidation sites excluding steroid dienone is 2. The van der Waals surface area contributed by atoms with Crippen LogP contribution in [0.15, 0.2) is 46.7 Å². The van der Waals surface area contributed by atoms with E-state index in [1.54, 1.807) is 4.68 Å². The lowest BCUT2D eigenvalue weighted by atomic mass is 10.1. The number of carbonyl (C=O) groups excluding carboxylic acids is 1. The number of carbonyl (C=O) groups is 1. The van der Waals surface area contributed by atoms with Crippen LogP contribution >= 0.6 is 11.3 Å². The van der Waals surface area contributed by atoms with Crippen LogP contribution in [0.1, 0.15) is 36.7 Å². The SMILES string of the molecule is C/C=C(\C(C)C)N(C)/C(Cn1nc(-c2cc(O)cc(F)c2)c2c(N)ncnc21)=N\c1scc(C)c1C=O. The lowest BCUT2D eigenvalue weighted by Crippen LogP contribution is -2.32. The number of anilines is 1. The Balaban J connectivity index is 1.91. The van der Waals surface area contributed by atoms with E-state index in [-0.39, 0.29) is 24.0 Å². The fourth-order valence-corrected chi connectivity index (χ4v) is 5.16. The van der Waals surface area contributed by atoms with Crippen LogP contribution in [0.2, 0.25) is 0 Å². The average molecular weight is 522 g/mol. The van der Waals surface area contributed by atoms with Gasteiger partial charge >= 0.3 is 0 Å². The van der Waals surface area contributed by atoms with Gasteiger partial charge in [-0.05, 0) is 42.8 Å². The number of aromatic nitrogens is 4. The van der Waals surface area contributed by atoms with Gasteiger partial charge in [-0.25, -0.2) is 24.0 Å². The van der Waals surface area contributed by atoms with Crippen molar-refractivity contribution in [2.75, 3.05) is 12.8 Å². The first-order chi connectivity index (χ1) is 17.6. The fraction of sp³-hybridized carbons (Fsp3) is 0.269. The number of nitrogens with two attached hydrogens (primary N) is 1. The van der Waals surface area contributed by atoms with Crippen LogP contribution in [0.5, 0.6) is 5.75 Å². The Morgan fingerprint density at radius 2 is 2.08 bits per heavy atom. The number of fused-ring (bicyclic) bond motifs is 1. The average Bonchev–Trinajstić information content (AvgIpc) is 3.38. The number of thiophene rings is 1. The second kappa shape index (κ2) is 10.5. The minimum Gasteiger partial charge on any atom is -0.508 e. The molecule has 0 fully saturated rings. The van der Waals surface area contributed by atoms with Gasteiger partial charge in [-0.3, -0.25) is 4.79 Å². The van der Waals surface area contributed by atoms with Crippen LogP contribution < -0.4 is 5.73 Å². The summed E-state index contributed by atoms with van der Waals surface area (Å²) in [5.74, 6) is 0.143. The number of rotatable bonds is 7. The Morgan fingerprint density at radius 3 is 2.73 bits per heavy atom. The zero-order valence-corrected chi connectivity index (χ0v) is 22.0. The molecule has 4 aromatic rings. The number of phenolic OH excluding ortho intramolecular Hbond substituents is 1. The summed E-state index contributed by atoms with van der Waals surface area (Å²) in [5.41, 5.74) is 9.72.